The zero-order chi connectivity index (χ0) is 8.55. The summed E-state index contributed by atoms with van der Waals surface area (Å²) in [6.07, 6.45) is 6.38. The van der Waals surface area contributed by atoms with Gasteiger partial charge in [0.2, 0.25) is 0 Å². The molecule has 2 rings (SSSR count). The zero-order valence-electron chi connectivity index (χ0n) is 7.66. The molecule has 0 aliphatic heterocycles. The Kier molecular flexibility index (Phi) is 1.95. The summed E-state index contributed by atoms with van der Waals surface area (Å²) in [7, 11) is 2.05. The summed E-state index contributed by atoms with van der Waals surface area (Å²) < 4.78 is 0. The second-order valence-electron chi connectivity index (χ2n) is 3.91. The molecule has 0 saturated heterocycles. The van der Waals surface area contributed by atoms with E-state index in [-0.39, 0.29) is 0 Å². The zero-order valence-corrected chi connectivity index (χ0v) is 7.66. The Morgan fingerprint density at radius 2 is 2.00 bits per heavy atom. The van der Waals surface area contributed by atoms with E-state index >= 15 is 0 Å². The fourth-order valence-electron chi connectivity index (χ4n) is 1.44. The molecule has 0 aromatic carbocycles. The van der Waals surface area contributed by atoms with E-state index in [1.165, 1.54) is 32.1 Å². The lowest BCUT2D eigenvalue weighted by molar-refractivity contribution is 0.406. The summed E-state index contributed by atoms with van der Waals surface area (Å²) in [5.74, 6) is 0.752. The highest BCUT2D eigenvalue weighted by molar-refractivity contribution is 5.78. The van der Waals surface area contributed by atoms with Crippen LogP contribution >= 0.6 is 0 Å². The maximum atomic E-state index is 5.84. The van der Waals surface area contributed by atoms with Crippen LogP contribution in [0.1, 0.15) is 32.1 Å². The topological polar surface area (TPSA) is 41.6 Å². The molecule has 0 atom stereocenters. The van der Waals surface area contributed by atoms with Crippen LogP contribution in [0.25, 0.3) is 0 Å². The lowest BCUT2D eigenvalue weighted by Crippen LogP contribution is -2.37. The van der Waals surface area contributed by atoms with Crippen molar-refractivity contribution in [2.24, 2.45) is 10.7 Å². The highest BCUT2D eigenvalue weighted by atomic mass is 15.3. The number of nitrogens with two attached hydrogens (primary N) is 1. The predicted molar refractivity (Wildman–Crippen MR) is 50.0 cm³/mol. The van der Waals surface area contributed by atoms with E-state index in [1.54, 1.807) is 0 Å². The normalized spacial score (nSPS) is 25.2. The molecule has 68 valence electrons. The maximum absolute atomic E-state index is 5.84. The molecule has 3 nitrogen and oxygen atoms in total. The molecule has 2 fully saturated rings. The number of nitrogens with zero attached hydrogens (tertiary/aromatic N) is 2. The molecule has 0 radical (unpaired) electrons. The summed E-state index contributed by atoms with van der Waals surface area (Å²) in [5.41, 5.74) is 5.84. The second-order valence-corrected chi connectivity index (χ2v) is 3.91. The van der Waals surface area contributed by atoms with Gasteiger partial charge in [0, 0.05) is 13.1 Å². The van der Waals surface area contributed by atoms with Crippen LogP contribution in [0.15, 0.2) is 4.99 Å². The molecule has 0 unspecified atom stereocenters. The smallest absolute Gasteiger partial charge is 0.191 e. The molecule has 0 heterocycles. The van der Waals surface area contributed by atoms with Crippen molar-refractivity contribution >= 4 is 5.96 Å². The van der Waals surface area contributed by atoms with Gasteiger partial charge in [-0.15, -0.1) is 0 Å². The molecular weight excluding hydrogens is 150 g/mol. The van der Waals surface area contributed by atoms with Gasteiger partial charge >= 0.3 is 0 Å². The van der Waals surface area contributed by atoms with Crippen molar-refractivity contribution in [3.63, 3.8) is 0 Å². The lowest BCUT2D eigenvalue weighted by Gasteiger charge is -2.24. The van der Waals surface area contributed by atoms with Gasteiger partial charge in [0.05, 0.1) is 6.04 Å². The van der Waals surface area contributed by atoms with Gasteiger partial charge in [-0.2, -0.15) is 0 Å². The largest absolute Gasteiger partial charge is 0.370 e. The Hall–Kier alpha value is -0.730. The number of guanidine groups is 1. The van der Waals surface area contributed by atoms with Gasteiger partial charge in [-0.3, -0.25) is 0 Å². The molecule has 3 heteroatoms. The molecule has 12 heavy (non-hydrogen) atoms. The summed E-state index contributed by atoms with van der Waals surface area (Å²) >= 11 is 0. The van der Waals surface area contributed by atoms with E-state index in [9.17, 15) is 0 Å². The molecular formula is C9H17N3. The number of aliphatic imine (C=N–C) groups is 1. The molecule has 2 aliphatic rings. The van der Waals surface area contributed by atoms with E-state index < -0.39 is 0 Å². The van der Waals surface area contributed by atoms with Crippen LogP contribution in [0.5, 0.6) is 0 Å². The van der Waals surface area contributed by atoms with Crippen molar-refractivity contribution in [3.05, 3.63) is 0 Å². The third-order valence-electron chi connectivity index (χ3n) is 2.85. The first kappa shape index (κ1) is 7.90. The molecule has 0 aromatic rings. The second kappa shape index (κ2) is 2.96. The average Bonchev–Trinajstić information content (AvgIpc) is 2.77. The standard InChI is InChI=1S/C9H17N3/c1-12(8-5-6-8)9(10)11-7-3-2-4-7/h7-8H,2-6H2,1H3,(H2,10,11). The van der Waals surface area contributed by atoms with Gasteiger partial charge in [-0.25, -0.2) is 4.99 Å². The molecule has 2 aliphatic carbocycles. The van der Waals surface area contributed by atoms with Crippen LogP contribution in [0, 0.1) is 0 Å². The van der Waals surface area contributed by atoms with Crippen molar-refractivity contribution in [3.8, 4) is 0 Å². The Balaban J connectivity index is 1.87. The SMILES string of the molecule is CN(C(N)=NC1CCC1)C1CC1. The minimum atomic E-state index is 0.534. The Labute approximate surface area is 73.6 Å². The van der Waals surface area contributed by atoms with Crippen molar-refractivity contribution in [1.82, 2.24) is 4.90 Å². The molecule has 0 amide bonds. The van der Waals surface area contributed by atoms with Crippen molar-refractivity contribution in [2.45, 2.75) is 44.2 Å². The van der Waals surface area contributed by atoms with Crippen LogP contribution in [0.2, 0.25) is 0 Å². The Bertz CT molecular complexity index is 192. The third-order valence-corrected chi connectivity index (χ3v) is 2.85. The Morgan fingerprint density at radius 3 is 2.42 bits per heavy atom. The summed E-state index contributed by atoms with van der Waals surface area (Å²) in [6, 6.07) is 1.22. The van der Waals surface area contributed by atoms with Crippen LogP contribution in [0.3, 0.4) is 0 Å². The van der Waals surface area contributed by atoms with Gasteiger partial charge in [-0.05, 0) is 32.1 Å². The van der Waals surface area contributed by atoms with Crippen LogP contribution < -0.4 is 5.73 Å². The highest BCUT2D eigenvalue weighted by Crippen LogP contribution is 2.26. The van der Waals surface area contributed by atoms with Crippen LogP contribution in [0.4, 0.5) is 0 Å². The summed E-state index contributed by atoms with van der Waals surface area (Å²) in [4.78, 5) is 6.59. The fourth-order valence-corrected chi connectivity index (χ4v) is 1.44. The summed E-state index contributed by atoms with van der Waals surface area (Å²) in [6.45, 7) is 0. The van der Waals surface area contributed by atoms with Crippen molar-refractivity contribution in [2.75, 3.05) is 7.05 Å². The van der Waals surface area contributed by atoms with Crippen LogP contribution in [-0.2, 0) is 0 Å². The maximum Gasteiger partial charge on any atom is 0.191 e. The van der Waals surface area contributed by atoms with Crippen molar-refractivity contribution in [1.29, 1.82) is 0 Å². The van der Waals surface area contributed by atoms with Gasteiger partial charge < -0.3 is 10.6 Å². The van der Waals surface area contributed by atoms with Crippen LogP contribution in [-0.4, -0.2) is 30.0 Å². The minimum absolute atomic E-state index is 0.534. The van der Waals surface area contributed by atoms with Gasteiger partial charge in [0.25, 0.3) is 0 Å². The van der Waals surface area contributed by atoms with E-state index in [0.717, 1.165) is 5.96 Å². The minimum Gasteiger partial charge on any atom is -0.370 e. The molecule has 0 aromatic heterocycles. The first-order valence-electron chi connectivity index (χ1n) is 4.83. The van der Waals surface area contributed by atoms with Crippen molar-refractivity contribution < 1.29 is 0 Å². The third kappa shape index (κ3) is 1.54. The van der Waals surface area contributed by atoms with E-state index in [2.05, 4.69) is 16.9 Å². The molecule has 0 spiro atoms. The molecule has 0 bridgehead atoms. The van der Waals surface area contributed by atoms with Gasteiger partial charge in [0.15, 0.2) is 5.96 Å². The monoisotopic (exact) mass is 167 g/mol. The fraction of sp³-hybridized carbons (Fsp3) is 0.889. The average molecular weight is 167 g/mol. The van der Waals surface area contributed by atoms with E-state index in [1.807, 2.05) is 0 Å². The number of hydrogen-bond donors (Lipinski definition) is 1. The number of rotatable bonds is 2. The van der Waals surface area contributed by atoms with E-state index in [0.29, 0.717) is 12.1 Å². The first-order valence-corrected chi connectivity index (χ1v) is 4.83. The molecule has 2 saturated carbocycles. The molecule has 2 N–H and O–H groups in total. The van der Waals surface area contributed by atoms with Gasteiger partial charge in [-0.1, -0.05) is 0 Å². The van der Waals surface area contributed by atoms with Gasteiger partial charge in [0.1, 0.15) is 0 Å². The predicted octanol–water partition coefficient (Wildman–Crippen LogP) is 0.948. The number of hydrogen-bond acceptors (Lipinski definition) is 1. The quantitative estimate of drug-likeness (QED) is 0.491. The first-order chi connectivity index (χ1) is 5.77. The highest BCUT2D eigenvalue weighted by Gasteiger charge is 2.28. The van der Waals surface area contributed by atoms with E-state index in [4.69, 9.17) is 5.73 Å². The Morgan fingerprint density at radius 1 is 1.33 bits per heavy atom. The summed E-state index contributed by atoms with van der Waals surface area (Å²) in [5, 5.41) is 0. The lowest BCUT2D eigenvalue weighted by atomic mass is 9.94.